The van der Waals surface area contributed by atoms with Gasteiger partial charge in [0.1, 0.15) is 12.7 Å². The van der Waals surface area contributed by atoms with Crippen LogP contribution in [0.3, 0.4) is 0 Å². The van der Waals surface area contributed by atoms with E-state index in [2.05, 4.69) is 4.52 Å². The smallest absolute Gasteiger partial charge is 0.383 e. The summed E-state index contributed by atoms with van der Waals surface area (Å²) in [5, 5.41) is 8.37. The summed E-state index contributed by atoms with van der Waals surface area (Å²) in [7, 11) is -2.71. The van der Waals surface area contributed by atoms with Gasteiger partial charge in [0.2, 0.25) is 0 Å². The Morgan fingerprint density at radius 1 is 1.78 bits per heavy atom. The van der Waals surface area contributed by atoms with Crippen LogP contribution in [-0.4, -0.2) is 29.0 Å². The highest BCUT2D eigenvalue weighted by Crippen LogP contribution is 2.13. The van der Waals surface area contributed by atoms with Crippen molar-refractivity contribution < 1.29 is 23.9 Å². The lowest BCUT2D eigenvalue weighted by atomic mass is 10.4. The highest BCUT2D eigenvalue weighted by Gasteiger charge is 2.14. The number of aliphatic hydroxyl groups is 1. The Morgan fingerprint density at radius 3 is 2.67 bits per heavy atom. The minimum Gasteiger partial charge on any atom is -0.383 e. The Balaban J connectivity index is 3.26. The molecular formula is C3H6O5P+. The fraction of sp³-hybridized carbons (Fsp3) is 0.667. The summed E-state index contributed by atoms with van der Waals surface area (Å²) in [6.07, 6.45) is -1.09. The van der Waals surface area contributed by atoms with Gasteiger partial charge in [0, 0.05) is 4.57 Å². The summed E-state index contributed by atoms with van der Waals surface area (Å²) in [4.78, 5) is 17.6. The maximum atomic E-state index is 9.72. The van der Waals surface area contributed by atoms with Gasteiger partial charge in [-0.05, 0) is 0 Å². The third-order valence-electron chi connectivity index (χ3n) is 0.513. The first-order chi connectivity index (χ1) is 4.16. The van der Waals surface area contributed by atoms with Crippen LogP contribution in [0.25, 0.3) is 0 Å². The van der Waals surface area contributed by atoms with Crippen LogP contribution in [0, 0.1) is 0 Å². The van der Waals surface area contributed by atoms with Crippen LogP contribution in [0.15, 0.2) is 0 Å². The van der Waals surface area contributed by atoms with Gasteiger partial charge in [-0.1, -0.05) is 0 Å². The van der Waals surface area contributed by atoms with Gasteiger partial charge in [-0.3, -0.25) is 0 Å². The second-order valence-corrected chi connectivity index (χ2v) is 1.97. The van der Waals surface area contributed by atoms with Gasteiger partial charge in [0.25, 0.3) is 0 Å². The molecule has 0 fully saturated rings. The number of aldehydes is 1. The van der Waals surface area contributed by atoms with E-state index in [1.54, 1.807) is 0 Å². The van der Waals surface area contributed by atoms with Crippen molar-refractivity contribution >= 4 is 14.5 Å². The summed E-state index contributed by atoms with van der Waals surface area (Å²) in [6, 6.07) is 0. The summed E-state index contributed by atoms with van der Waals surface area (Å²) in [6.45, 7) is -0.435. The Hall–Kier alpha value is -0.350. The molecule has 0 rings (SSSR count). The topological polar surface area (TPSA) is 83.8 Å². The standard InChI is InChI=1S/C3H5O5P/c4-1-3(5)2-8-9(6)7/h1,3,5H,2H2/p+1. The van der Waals surface area contributed by atoms with Crippen LogP contribution in [0.2, 0.25) is 0 Å². The molecule has 2 N–H and O–H groups in total. The molecule has 0 aliphatic heterocycles. The number of carbonyl (C=O) groups is 1. The van der Waals surface area contributed by atoms with E-state index in [-0.39, 0.29) is 6.29 Å². The van der Waals surface area contributed by atoms with Crippen molar-refractivity contribution in [2.24, 2.45) is 0 Å². The van der Waals surface area contributed by atoms with Crippen LogP contribution in [0.5, 0.6) is 0 Å². The van der Waals surface area contributed by atoms with Gasteiger partial charge in [-0.25, -0.2) is 0 Å². The lowest BCUT2D eigenvalue weighted by molar-refractivity contribution is -0.116. The molecule has 0 aromatic carbocycles. The second kappa shape index (κ2) is 4.52. The van der Waals surface area contributed by atoms with Gasteiger partial charge in [0.15, 0.2) is 6.29 Å². The number of rotatable bonds is 4. The Kier molecular flexibility index (Phi) is 4.35. The van der Waals surface area contributed by atoms with E-state index in [1.807, 2.05) is 0 Å². The molecule has 2 unspecified atom stereocenters. The molecule has 0 bridgehead atoms. The van der Waals surface area contributed by atoms with Crippen molar-refractivity contribution in [1.82, 2.24) is 0 Å². The largest absolute Gasteiger partial charge is 0.694 e. The average Bonchev–Trinajstić information content (AvgIpc) is 1.83. The van der Waals surface area contributed by atoms with Crippen LogP contribution in [-0.2, 0) is 13.9 Å². The molecule has 0 saturated carbocycles. The van der Waals surface area contributed by atoms with E-state index in [0.717, 1.165) is 0 Å². The summed E-state index contributed by atoms with van der Waals surface area (Å²) < 4.78 is 13.7. The van der Waals surface area contributed by atoms with Gasteiger partial charge in [0.05, 0.1) is 0 Å². The van der Waals surface area contributed by atoms with E-state index >= 15 is 0 Å². The van der Waals surface area contributed by atoms with Gasteiger partial charge in [-0.2, -0.15) is 0 Å². The zero-order valence-electron chi connectivity index (χ0n) is 4.43. The Labute approximate surface area is 52.2 Å². The predicted molar refractivity (Wildman–Crippen MR) is 27.8 cm³/mol. The zero-order chi connectivity index (χ0) is 7.28. The monoisotopic (exact) mass is 153 g/mol. The molecule has 0 spiro atoms. The van der Waals surface area contributed by atoms with E-state index in [0.29, 0.717) is 0 Å². The molecule has 0 aromatic rings. The third kappa shape index (κ3) is 5.52. The number of carbonyl (C=O) groups excluding carboxylic acids is 1. The average molecular weight is 153 g/mol. The van der Waals surface area contributed by atoms with Gasteiger partial charge in [-0.15, -0.1) is 9.42 Å². The van der Waals surface area contributed by atoms with Crippen molar-refractivity contribution in [3.8, 4) is 0 Å². The fourth-order valence-corrected chi connectivity index (χ4v) is 0.460. The Bertz CT molecular complexity index is 113. The first-order valence-corrected chi connectivity index (χ1v) is 3.22. The predicted octanol–water partition coefficient (Wildman–Crippen LogP) is -0.788. The molecule has 0 heterocycles. The Morgan fingerprint density at radius 2 is 2.33 bits per heavy atom. The molecule has 0 aromatic heterocycles. The normalized spacial score (nSPS) is 14.7. The number of aliphatic hydroxyl groups excluding tert-OH is 1. The molecule has 0 aliphatic rings. The molecule has 52 valence electrons. The quantitative estimate of drug-likeness (QED) is 0.408. The van der Waals surface area contributed by atoms with Crippen molar-refractivity contribution in [2.45, 2.75) is 6.10 Å². The zero-order valence-corrected chi connectivity index (χ0v) is 5.32. The van der Waals surface area contributed by atoms with Crippen LogP contribution in [0.1, 0.15) is 0 Å². The third-order valence-corrected chi connectivity index (χ3v) is 0.883. The SMILES string of the molecule is O=CC(O)CO[P+](=O)O. The fourth-order valence-electron chi connectivity index (χ4n) is 0.179. The highest BCUT2D eigenvalue weighted by molar-refractivity contribution is 7.32. The second-order valence-electron chi connectivity index (χ2n) is 1.24. The molecule has 0 amide bonds. The van der Waals surface area contributed by atoms with Gasteiger partial charge < -0.3 is 9.90 Å². The molecule has 5 nitrogen and oxygen atoms in total. The highest BCUT2D eigenvalue weighted by atomic mass is 31.1. The van der Waals surface area contributed by atoms with Crippen molar-refractivity contribution in [1.29, 1.82) is 0 Å². The lowest BCUT2D eigenvalue weighted by Gasteiger charge is -1.90. The molecule has 0 radical (unpaired) electrons. The number of hydrogen-bond acceptors (Lipinski definition) is 4. The van der Waals surface area contributed by atoms with Crippen molar-refractivity contribution in [3.05, 3.63) is 0 Å². The number of hydrogen-bond donors (Lipinski definition) is 2. The maximum Gasteiger partial charge on any atom is 0.694 e. The van der Waals surface area contributed by atoms with E-state index < -0.39 is 21.0 Å². The van der Waals surface area contributed by atoms with Crippen LogP contribution < -0.4 is 0 Å². The maximum absolute atomic E-state index is 9.72. The molecule has 0 saturated heterocycles. The minimum atomic E-state index is -2.71. The van der Waals surface area contributed by atoms with Crippen molar-refractivity contribution in [3.63, 3.8) is 0 Å². The molecule has 0 aliphatic carbocycles. The lowest BCUT2D eigenvalue weighted by Crippen LogP contribution is -2.13. The van der Waals surface area contributed by atoms with Gasteiger partial charge >= 0.3 is 8.25 Å². The molecule has 6 heteroatoms. The van der Waals surface area contributed by atoms with E-state index in [1.165, 1.54) is 0 Å². The van der Waals surface area contributed by atoms with Crippen molar-refractivity contribution in [2.75, 3.05) is 6.61 Å². The molecule has 9 heavy (non-hydrogen) atoms. The summed E-state index contributed by atoms with van der Waals surface area (Å²) >= 11 is 0. The van der Waals surface area contributed by atoms with E-state index in [4.69, 9.17) is 10.00 Å². The van der Waals surface area contributed by atoms with Crippen LogP contribution in [0.4, 0.5) is 0 Å². The first kappa shape index (κ1) is 8.65. The van der Waals surface area contributed by atoms with Crippen LogP contribution >= 0.6 is 8.25 Å². The van der Waals surface area contributed by atoms with E-state index in [9.17, 15) is 9.36 Å². The first-order valence-electron chi connectivity index (χ1n) is 2.09. The molecule has 2 atom stereocenters. The summed E-state index contributed by atoms with van der Waals surface area (Å²) in [5.41, 5.74) is 0. The molecular weight excluding hydrogens is 147 g/mol. The minimum absolute atomic E-state index is 0.221. The summed E-state index contributed by atoms with van der Waals surface area (Å²) in [5.74, 6) is 0.